The summed E-state index contributed by atoms with van der Waals surface area (Å²) in [4.78, 5) is 26.9. The van der Waals surface area contributed by atoms with Crippen molar-refractivity contribution >= 4 is 11.8 Å². The van der Waals surface area contributed by atoms with Crippen molar-refractivity contribution in [2.75, 3.05) is 0 Å². The molecule has 0 radical (unpaired) electrons. The fraction of sp³-hybridized carbons (Fsp3) is 0.412. The lowest BCUT2D eigenvalue weighted by molar-refractivity contribution is -0.143. The first-order valence-corrected chi connectivity index (χ1v) is 7.28. The van der Waals surface area contributed by atoms with Crippen LogP contribution in [0.5, 0.6) is 0 Å². The van der Waals surface area contributed by atoms with Crippen LogP contribution in [0.3, 0.4) is 0 Å². The van der Waals surface area contributed by atoms with E-state index in [1.807, 2.05) is 37.3 Å². The predicted molar refractivity (Wildman–Crippen MR) is 74.4 cm³/mol. The van der Waals surface area contributed by atoms with Crippen LogP contribution in [0.1, 0.15) is 24.9 Å². The molecule has 3 heteroatoms. The number of allylic oxidation sites excluding steroid dienone is 2. The molecule has 0 aromatic heterocycles. The largest absolute Gasteiger partial charge is 0.275 e. The number of likely N-dealkylation sites (tertiary alicyclic amines) is 1. The van der Waals surface area contributed by atoms with Gasteiger partial charge in [0.15, 0.2) is 0 Å². The molecule has 0 unspecified atom stereocenters. The summed E-state index contributed by atoms with van der Waals surface area (Å²) in [5.74, 6) is 0.456. The Morgan fingerprint density at radius 1 is 1.00 bits per heavy atom. The maximum Gasteiger partial charge on any atom is 0.234 e. The van der Waals surface area contributed by atoms with E-state index in [2.05, 4.69) is 12.2 Å². The molecule has 1 aliphatic heterocycles. The summed E-state index contributed by atoms with van der Waals surface area (Å²) in [6.07, 6.45) is 5.25. The van der Waals surface area contributed by atoms with Gasteiger partial charge in [0.2, 0.25) is 11.8 Å². The van der Waals surface area contributed by atoms with E-state index in [0.717, 1.165) is 12.0 Å². The third-order valence-electron chi connectivity index (χ3n) is 5.17. The Morgan fingerprint density at radius 2 is 1.55 bits per heavy atom. The van der Waals surface area contributed by atoms with Crippen LogP contribution in [-0.2, 0) is 9.59 Å². The molecule has 3 nitrogen and oxygen atoms in total. The van der Waals surface area contributed by atoms with Crippen LogP contribution in [0.4, 0.5) is 0 Å². The molecular formula is C17H17NO2. The average Bonchev–Trinajstić information content (AvgIpc) is 3.14. The van der Waals surface area contributed by atoms with Gasteiger partial charge in [-0.2, -0.15) is 0 Å². The third-order valence-corrected chi connectivity index (χ3v) is 5.17. The molecule has 2 aliphatic carbocycles. The molecule has 20 heavy (non-hydrogen) atoms. The monoisotopic (exact) mass is 267 g/mol. The number of hydrogen-bond donors (Lipinski definition) is 0. The molecular weight excluding hydrogens is 250 g/mol. The zero-order valence-electron chi connectivity index (χ0n) is 11.4. The van der Waals surface area contributed by atoms with Crippen molar-refractivity contribution in [1.82, 2.24) is 4.90 Å². The summed E-state index contributed by atoms with van der Waals surface area (Å²) >= 11 is 0. The lowest BCUT2D eigenvalue weighted by atomic mass is 9.85. The minimum Gasteiger partial charge on any atom is -0.275 e. The molecule has 1 saturated carbocycles. The molecule has 2 bridgehead atoms. The van der Waals surface area contributed by atoms with Gasteiger partial charge in [-0.25, -0.2) is 0 Å². The van der Waals surface area contributed by atoms with Crippen molar-refractivity contribution in [1.29, 1.82) is 0 Å². The predicted octanol–water partition coefficient (Wildman–Crippen LogP) is 2.55. The molecule has 3 aliphatic rings. The van der Waals surface area contributed by atoms with Gasteiger partial charge in [-0.3, -0.25) is 14.5 Å². The summed E-state index contributed by atoms with van der Waals surface area (Å²) in [5, 5.41) is 0. The number of fused-ring (bicyclic) bond motifs is 5. The maximum atomic E-state index is 12.7. The maximum absolute atomic E-state index is 12.7. The summed E-state index contributed by atoms with van der Waals surface area (Å²) in [7, 11) is 0. The van der Waals surface area contributed by atoms with Crippen LogP contribution in [0.15, 0.2) is 42.5 Å². The quantitative estimate of drug-likeness (QED) is 0.610. The molecule has 1 saturated heterocycles. The highest BCUT2D eigenvalue weighted by molar-refractivity contribution is 6.06. The standard InChI is InChI=1S/C17H17NO2/c1-10(11-5-3-2-4-6-11)18-16(19)14-12-7-8-13(9-12)15(14)17(18)20/h2-8,10,12-15H,9H2,1H3/t10-,12-,13-,14-,15-/m0/s1. The second-order valence-corrected chi connectivity index (χ2v) is 6.13. The zero-order chi connectivity index (χ0) is 13.9. The van der Waals surface area contributed by atoms with Gasteiger partial charge in [0, 0.05) is 0 Å². The molecule has 2 amide bonds. The highest BCUT2D eigenvalue weighted by Gasteiger charge is 2.60. The van der Waals surface area contributed by atoms with Crippen LogP contribution in [0, 0.1) is 23.7 Å². The van der Waals surface area contributed by atoms with Gasteiger partial charge in [0.1, 0.15) is 0 Å². The Balaban J connectivity index is 1.68. The van der Waals surface area contributed by atoms with Gasteiger partial charge in [-0.1, -0.05) is 42.5 Å². The molecule has 4 rings (SSSR count). The van der Waals surface area contributed by atoms with Crippen LogP contribution < -0.4 is 0 Å². The van der Waals surface area contributed by atoms with E-state index in [1.165, 1.54) is 4.90 Å². The zero-order valence-corrected chi connectivity index (χ0v) is 11.4. The number of carbonyl (C=O) groups is 2. The van der Waals surface area contributed by atoms with Gasteiger partial charge < -0.3 is 0 Å². The van der Waals surface area contributed by atoms with E-state index in [4.69, 9.17) is 0 Å². The van der Waals surface area contributed by atoms with Crippen LogP contribution in [-0.4, -0.2) is 16.7 Å². The van der Waals surface area contributed by atoms with Crippen LogP contribution >= 0.6 is 0 Å². The summed E-state index contributed by atoms with van der Waals surface area (Å²) in [5.41, 5.74) is 1.02. The SMILES string of the molecule is C[C@@H](c1ccccc1)N1C(=O)[C@@H]2[C@@H](C1=O)[C@H]1C=C[C@H]2C1. The van der Waals surface area contributed by atoms with Crippen molar-refractivity contribution in [3.63, 3.8) is 0 Å². The molecule has 1 aromatic rings. The first-order chi connectivity index (χ1) is 9.68. The van der Waals surface area contributed by atoms with Gasteiger partial charge >= 0.3 is 0 Å². The Morgan fingerprint density at radius 3 is 2.10 bits per heavy atom. The smallest absolute Gasteiger partial charge is 0.234 e. The number of nitrogens with zero attached hydrogens (tertiary/aromatic N) is 1. The number of imide groups is 1. The second-order valence-electron chi connectivity index (χ2n) is 6.13. The number of rotatable bonds is 2. The van der Waals surface area contributed by atoms with E-state index in [0.29, 0.717) is 0 Å². The molecule has 102 valence electrons. The van der Waals surface area contributed by atoms with Gasteiger partial charge in [-0.15, -0.1) is 0 Å². The lowest BCUT2D eigenvalue weighted by Crippen LogP contribution is -2.35. The summed E-state index contributed by atoms with van der Waals surface area (Å²) < 4.78 is 0. The van der Waals surface area contributed by atoms with Gasteiger partial charge in [0.05, 0.1) is 17.9 Å². The van der Waals surface area contributed by atoms with E-state index in [9.17, 15) is 9.59 Å². The highest BCUT2D eigenvalue weighted by Crippen LogP contribution is 2.53. The topological polar surface area (TPSA) is 37.4 Å². The fourth-order valence-electron chi connectivity index (χ4n) is 4.19. The summed E-state index contributed by atoms with van der Waals surface area (Å²) in [6, 6.07) is 9.63. The van der Waals surface area contributed by atoms with Crippen molar-refractivity contribution < 1.29 is 9.59 Å². The van der Waals surface area contributed by atoms with Gasteiger partial charge in [-0.05, 0) is 30.7 Å². The minimum absolute atomic E-state index is 0.0354. The van der Waals surface area contributed by atoms with Crippen molar-refractivity contribution in [3.05, 3.63) is 48.0 Å². The normalized spacial score (nSPS) is 35.8. The lowest BCUT2D eigenvalue weighted by Gasteiger charge is -2.24. The Kier molecular flexibility index (Phi) is 2.40. The average molecular weight is 267 g/mol. The molecule has 0 N–H and O–H groups in total. The number of amides is 2. The Hall–Kier alpha value is -1.90. The molecule has 2 fully saturated rings. The Bertz CT molecular complexity index is 577. The first kappa shape index (κ1) is 11.9. The first-order valence-electron chi connectivity index (χ1n) is 7.28. The number of benzene rings is 1. The molecule has 1 aromatic carbocycles. The van der Waals surface area contributed by atoms with Gasteiger partial charge in [0.25, 0.3) is 0 Å². The van der Waals surface area contributed by atoms with Crippen molar-refractivity contribution in [2.24, 2.45) is 23.7 Å². The van der Waals surface area contributed by atoms with Crippen molar-refractivity contribution in [3.8, 4) is 0 Å². The van der Waals surface area contributed by atoms with Crippen LogP contribution in [0.2, 0.25) is 0 Å². The second kappa shape index (κ2) is 4.05. The van der Waals surface area contributed by atoms with E-state index in [-0.39, 0.29) is 41.5 Å². The highest BCUT2D eigenvalue weighted by atomic mass is 16.2. The Labute approximate surface area is 118 Å². The fourth-order valence-corrected chi connectivity index (χ4v) is 4.19. The van der Waals surface area contributed by atoms with Crippen molar-refractivity contribution in [2.45, 2.75) is 19.4 Å². The number of hydrogen-bond acceptors (Lipinski definition) is 2. The molecule has 5 atom stereocenters. The van der Waals surface area contributed by atoms with Crippen LogP contribution in [0.25, 0.3) is 0 Å². The van der Waals surface area contributed by atoms with E-state index in [1.54, 1.807) is 0 Å². The molecule has 1 heterocycles. The third kappa shape index (κ3) is 1.41. The van der Waals surface area contributed by atoms with E-state index < -0.39 is 0 Å². The molecule has 0 spiro atoms. The summed E-state index contributed by atoms with van der Waals surface area (Å²) in [6.45, 7) is 1.95. The minimum atomic E-state index is -0.166. The van der Waals surface area contributed by atoms with E-state index >= 15 is 0 Å². The number of carbonyl (C=O) groups excluding carboxylic acids is 2.